The van der Waals surface area contributed by atoms with Crippen molar-refractivity contribution in [3.8, 4) is 0 Å². The van der Waals surface area contributed by atoms with E-state index in [2.05, 4.69) is 24.1 Å². The Morgan fingerprint density at radius 2 is 2.00 bits per heavy atom. The van der Waals surface area contributed by atoms with Gasteiger partial charge in [0, 0.05) is 45.4 Å². The van der Waals surface area contributed by atoms with Crippen molar-refractivity contribution in [2.75, 3.05) is 39.9 Å². The van der Waals surface area contributed by atoms with Crippen LogP contribution in [-0.4, -0.2) is 50.3 Å². The molecule has 1 saturated heterocycles. The molecule has 1 heterocycles. The number of rotatable bonds is 5. The first-order valence-corrected chi connectivity index (χ1v) is 7.52. The van der Waals surface area contributed by atoms with Crippen LogP contribution in [0.3, 0.4) is 0 Å². The highest BCUT2D eigenvalue weighted by atomic mass is 16.5. The number of piperazine rings is 1. The van der Waals surface area contributed by atoms with E-state index in [9.17, 15) is 0 Å². The van der Waals surface area contributed by atoms with Crippen molar-refractivity contribution in [2.45, 2.75) is 51.5 Å². The lowest BCUT2D eigenvalue weighted by Gasteiger charge is -2.44. The van der Waals surface area contributed by atoms with Crippen molar-refractivity contribution in [3.63, 3.8) is 0 Å². The third-order valence-corrected chi connectivity index (χ3v) is 4.65. The lowest BCUT2D eigenvalue weighted by Crippen LogP contribution is -2.60. The molecule has 1 spiro atoms. The van der Waals surface area contributed by atoms with Gasteiger partial charge in [-0.2, -0.15) is 0 Å². The molecule has 0 aromatic heterocycles. The highest BCUT2D eigenvalue weighted by Gasteiger charge is 2.38. The van der Waals surface area contributed by atoms with Crippen molar-refractivity contribution in [1.82, 2.24) is 10.2 Å². The SMILES string of the molecule is COCCC(C)(C)CN1CCNC2(CCCC2)C1. The molecule has 0 unspecified atom stereocenters. The standard InChI is InChI=1S/C15H30N2O/c1-14(2,8-11-18-3)12-17-10-9-16-15(13-17)6-4-5-7-15/h16H,4-13H2,1-3H3. The summed E-state index contributed by atoms with van der Waals surface area (Å²) >= 11 is 0. The van der Waals surface area contributed by atoms with Crippen LogP contribution in [-0.2, 0) is 4.74 Å². The summed E-state index contributed by atoms with van der Waals surface area (Å²) in [6.45, 7) is 10.5. The predicted molar refractivity (Wildman–Crippen MR) is 75.9 cm³/mol. The molecule has 1 aliphatic heterocycles. The summed E-state index contributed by atoms with van der Waals surface area (Å²) in [7, 11) is 1.80. The molecule has 2 aliphatic rings. The van der Waals surface area contributed by atoms with Crippen molar-refractivity contribution < 1.29 is 4.74 Å². The quantitative estimate of drug-likeness (QED) is 0.814. The van der Waals surface area contributed by atoms with Crippen molar-refractivity contribution in [1.29, 1.82) is 0 Å². The first-order chi connectivity index (χ1) is 8.55. The number of nitrogens with one attached hydrogen (secondary N) is 1. The van der Waals surface area contributed by atoms with E-state index in [1.165, 1.54) is 51.9 Å². The summed E-state index contributed by atoms with van der Waals surface area (Å²) in [6, 6.07) is 0. The molecule has 18 heavy (non-hydrogen) atoms. The second kappa shape index (κ2) is 5.89. The molecular weight excluding hydrogens is 224 g/mol. The van der Waals surface area contributed by atoms with Gasteiger partial charge in [0.25, 0.3) is 0 Å². The van der Waals surface area contributed by atoms with E-state index in [1.807, 2.05) is 0 Å². The maximum Gasteiger partial charge on any atom is 0.0467 e. The lowest BCUT2D eigenvalue weighted by atomic mass is 9.87. The highest BCUT2D eigenvalue weighted by molar-refractivity contribution is 4.98. The molecule has 0 aromatic rings. The Balaban J connectivity index is 1.85. The molecule has 0 atom stereocenters. The first kappa shape index (κ1) is 14.3. The average Bonchev–Trinajstić information content (AvgIpc) is 2.74. The van der Waals surface area contributed by atoms with Crippen LogP contribution < -0.4 is 5.32 Å². The van der Waals surface area contributed by atoms with Crippen LogP contribution >= 0.6 is 0 Å². The summed E-state index contributed by atoms with van der Waals surface area (Å²) in [5.74, 6) is 0. The van der Waals surface area contributed by atoms with Gasteiger partial charge < -0.3 is 10.1 Å². The Morgan fingerprint density at radius 1 is 1.28 bits per heavy atom. The molecule has 0 amide bonds. The minimum Gasteiger partial charge on any atom is -0.385 e. The van der Waals surface area contributed by atoms with Crippen LogP contribution in [0.15, 0.2) is 0 Å². The predicted octanol–water partition coefficient (Wildman–Crippen LogP) is 2.27. The van der Waals surface area contributed by atoms with Crippen molar-refractivity contribution >= 4 is 0 Å². The summed E-state index contributed by atoms with van der Waals surface area (Å²) < 4.78 is 5.23. The van der Waals surface area contributed by atoms with Crippen molar-refractivity contribution in [2.24, 2.45) is 5.41 Å². The third-order valence-electron chi connectivity index (χ3n) is 4.65. The average molecular weight is 254 g/mol. The normalized spacial score (nSPS) is 24.8. The molecule has 0 aromatic carbocycles. The zero-order chi connectivity index (χ0) is 13.1. The second-order valence-corrected chi connectivity index (χ2v) is 7.03. The summed E-state index contributed by atoms with van der Waals surface area (Å²) in [4.78, 5) is 2.68. The maximum absolute atomic E-state index is 5.23. The highest BCUT2D eigenvalue weighted by Crippen LogP contribution is 2.33. The number of hydrogen-bond donors (Lipinski definition) is 1. The Hall–Kier alpha value is -0.120. The molecule has 1 N–H and O–H groups in total. The molecule has 0 bridgehead atoms. The van der Waals surface area contributed by atoms with Gasteiger partial charge in [-0.15, -0.1) is 0 Å². The van der Waals surface area contributed by atoms with Gasteiger partial charge in [-0.05, 0) is 24.7 Å². The number of methoxy groups -OCH3 is 1. The van der Waals surface area contributed by atoms with E-state index < -0.39 is 0 Å². The third kappa shape index (κ3) is 3.69. The fraction of sp³-hybridized carbons (Fsp3) is 1.00. The van der Waals surface area contributed by atoms with Crippen LogP contribution in [0.4, 0.5) is 0 Å². The van der Waals surface area contributed by atoms with Gasteiger partial charge in [0.2, 0.25) is 0 Å². The molecule has 1 saturated carbocycles. The van der Waals surface area contributed by atoms with E-state index in [0.717, 1.165) is 13.0 Å². The van der Waals surface area contributed by atoms with Crippen LogP contribution in [0.5, 0.6) is 0 Å². The fourth-order valence-electron chi connectivity index (χ4n) is 3.63. The van der Waals surface area contributed by atoms with Gasteiger partial charge in [-0.3, -0.25) is 4.90 Å². The summed E-state index contributed by atoms with van der Waals surface area (Å²) in [6.07, 6.45) is 6.73. The minimum atomic E-state index is 0.368. The van der Waals surface area contributed by atoms with Crippen LogP contribution in [0, 0.1) is 5.41 Å². The summed E-state index contributed by atoms with van der Waals surface area (Å²) in [5, 5.41) is 3.79. The van der Waals surface area contributed by atoms with Gasteiger partial charge >= 0.3 is 0 Å². The Labute approximate surface area is 112 Å². The van der Waals surface area contributed by atoms with E-state index in [-0.39, 0.29) is 0 Å². The molecule has 2 fully saturated rings. The largest absolute Gasteiger partial charge is 0.385 e. The lowest BCUT2D eigenvalue weighted by molar-refractivity contribution is 0.0752. The van der Waals surface area contributed by atoms with Gasteiger partial charge in [0.15, 0.2) is 0 Å². The molecule has 106 valence electrons. The summed E-state index contributed by atoms with van der Waals surface area (Å²) in [5.41, 5.74) is 0.822. The van der Waals surface area contributed by atoms with Crippen LogP contribution in [0.25, 0.3) is 0 Å². The molecule has 1 aliphatic carbocycles. The molecule has 0 radical (unpaired) electrons. The minimum absolute atomic E-state index is 0.368. The molecule has 2 rings (SSSR count). The van der Waals surface area contributed by atoms with E-state index in [0.29, 0.717) is 11.0 Å². The zero-order valence-corrected chi connectivity index (χ0v) is 12.4. The Bertz CT molecular complexity index is 259. The number of ether oxygens (including phenoxy) is 1. The monoisotopic (exact) mass is 254 g/mol. The van der Waals surface area contributed by atoms with Gasteiger partial charge in [-0.25, -0.2) is 0 Å². The van der Waals surface area contributed by atoms with Crippen LogP contribution in [0.1, 0.15) is 46.0 Å². The molecular formula is C15H30N2O. The van der Waals surface area contributed by atoms with Gasteiger partial charge in [-0.1, -0.05) is 26.7 Å². The van der Waals surface area contributed by atoms with E-state index >= 15 is 0 Å². The topological polar surface area (TPSA) is 24.5 Å². The number of nitrogens with zero attached hydrogens (tertiary/aromatic N) is 1. The molecule has 3 heteroatoms. The zero-order valence-electron chi connectivity index (χ0n) is 12.4. The smallest absolute Gasteiger partial charge is 0.0467 e. The maximum atomic E-state index is 5.23. The van der Waals surface area contributed by atoms with Crippen LogP contribution in [0.2, 0.25) is 0 Å². The Kier molecular flexibility index (Phi) is 4.68. The fourth-order valence-corrected chi connectivity index (χ4v) is 3.63. The van der Waals surface area contributed by atoms with Gasteiger partial charge in [0.05, 0.1) is 0 Å². The van der Waals surface area contributed by atoms with Gasteiger partial charge in [0.1, 0.15) is 0 Å². The molecule has 3 nitrogen and oxygen atoms in total. The second-order valence-electron chi connectivity index (χ2n) is 7.03. The number of hydrogen-bond acceptors (Lipinski definition) is 3. The van der Waals surface area contributed by atoms with E-state index in [1.54, 1.807) is 7.11 Å². The van der Waals surface area contributed by atoms with Crippen molar-refractivity contribution in [3.05, 3.63) is 0 Å². The van der Waals surface area contributed by atoms with E-state index in [4.69, 9.17) is 4.74 Å². The Morgan fingerprint density at radius 3 is 2.67 bits per heavy atom. The first-order valence-electron chi connectivity index (χ1n) is 7.52.